The highest BCUT2D eigenvalue weighted by Crippen LogP contribution is 2.43. The summed E-state index contributed by atoms with van der Waals surface area (Å²) in [6.45, 7) is 4.20. The zero-order valence-corrected chi connectivity index (χ0v) is 35.8. The predicted octanol–water partition coefficient (Wildman–Crippen LogP) is 11.7. The highest BCUT2D eigenvalue weighted by molar-refractivity contribution is 7.47. The Labute approximate surface area is 330 Å². The first-order valence-corrected chi connectivity index (χ1v) is 22.6. The van der Waals surface area contributed by atoms with E-state index in [1.807, 2.05) is 57.6 Å². The number of esters is 2. The number of unbranched alkanes of at least 4 members (excludes halogenated alkanes) is 16. The van der Waals surface area contributed by atoms with E-state index in [9.17, 15) is 19.0 Å². The highest BCUT2D eigenvalue weighted by atomic mass is 31.2. The van der Waals surface area contributed by atoms with Crippen molar-refractivity contribution in [3.8, 4) is 0 Å². The monoisotopic (exact) mass is 781 g/mol. The SMILES string of the molecule is CC/C=C/C=C/C=C/C=C/CCCCCCCC(=O)O[C@H](COC(=O)CC/C=C/CCCCCCCCCCCCC)COP(=O)(O)OCC[N+](C)(C)C. The maximum Gasteiger partial charge on any atom is 0.472 e. The number of phosphoric acid groups is 1. The van der Waals surface area contributed by atoms with E-state index in [-0.39, 0.29) is 26.1 Å². The van der Waals surface area contributed by atoms with Crippen molar-refractivity contribution >= 4 is 19.8 Å². The van der Waals surface area contributed by atoms with E-state index >= 15 is 0 Å². The molecule has 9 nitrogen and oxygen atoms in total. The Morgan fingerprint density at radius 2 is 1.11 bits per heavy atom. The van der Waals surface area contributed by atoms with Crippen molar-refractivity contribution in [3.05, 3.63) is 60.8 Å². The molecule has 0 aliphatic rings. The average Bonchev–Trinajstić information content (AvgIpc) is 3.12. The first-order valence-electron chi connectivity index (χ1n) is 21.1. The molecule has 1 unspecified atom stereocenters. The second-order valence-corrected chi connectivity index (χ2v) is 16.5. The Hall–Kier alpha value is -2.29. The summed E-state index contributed by atoms with van der Waals surface area (Å²) in [6.07, 6.45) is 42.8. The van der Waals surface area contributed by atoms with Gasteiger partial charge in [-0.2, -0.15) is 0 Å². The van der Waals surface area contributed by atoms with Crippen LogP contribution in [0.25, 0.3) is 0 Å². The Morgan fingerprint density at radius 1 is 0.593 bits per heavy atom. The largest absolute Gasteiger partial charge is 0.472 e. The van der Waals surface area contributed by atoms with Gasteiger partial charge in [-0.15, -0.1) is 0 Å². The molecule has 0 radical (unpaired) electrons. The smallest absolute Gasteiger partial charge is 0.462 e. The molecule has 0 aliphatic heterocycles. The molecule has 0 amide bonds. The summed E-state index contributed by atoms with van der Waals surface area (Å²) < 4.78 is 34.2. The van der Waals surface area contributed by atoms with E-state index in [0.29, 0.717) is 23.9 Å². The minimum absolute atomic E-state index is 0.0195. The van der Waals surface area contributed by atoms with Crippen LogP contribution in [0.1, 0.15) is 155 Å². The number of likely N-dealkylation sites (N-methyl/N-ethyl adjacent to an activating group) is 1. The third-order valence-corrected chi connectivity index (χ3v) is 9.62. The summed E-state index contributed by atoms with van der Waals surface area (Å²) >= 11 is 0. The lowest BCUT2D eigenvalue weighted by Crippen LogP contribution is -2.37. The van der Waals surface area contributed by atoms with Crippen LogP contribution in [-0.4, -0.2) is 74.9 Å². The molecular formula is C44H79NO8P+. The molecule has 1 N–H and O–H groups in total. The summed E-state index contributed by atoms with van der Waals surface area (Å²) in [5.41, 5.74) is 0. The normalized spacial score (nSPS) is 14.3. The topological polar surface area (TPSA) is 108 Å². The third-order valence-electron chi connectivity index (χ3n) is 8.64. The van der Waals surface area contributed by atoms with Crippen LogP contribution in [0.4, 0.5) is 0 Å². The van der Waals surface area contributed by atoms with Crippen LogP contribution < -0.4 is 0 Å². The minimum atomic E-state index is -4.39. The van der Waals surface area contributed by atoms with E-state index in [1.54, 1.807) is 0 Å². The summed E-state index contributed by atoms with van der Waals surface area (Å²) in [5, 5.41) is 0. The molecule has 0 fully saturated rings. The van der Waals surface area contributed by atoms with Crippen molar-refractivity contribution in [1.29, 1.82) is 0 Å². The van der Waals surface area contributed by atoms with E-state index in [1.165, 1.54) is 64.2 Å². The number of hydrogen-bond acceptors (Lipinski definition) is 7. The molecule has 10 heteroatoms. The van der Waals surface area contributed by atoms with Crippen molar-refractivity contribution in [1.82, 2.24) is 0 Å². The van der Waals surface area contributed by atoms with Crippen LogP contribution in [0, 0.1) is 0 Å². The third kappa shape index (κ3) is 39.4. The van der Waals surface area contributed by atoms with Gasteiger partial charge in [0.1, 0.15) is 19.8 Å². The van der Waals surface area contributed by atoms with Gasteiger partial charge >= 0.3 is 19.8 Å². The Morgan fingerprint density at radius 3 is 1.70 bits per heavy atom. The fourth-order valence-corrected chi connectivity index (χ4v) is 6.08. The maximum atomic E-state index is 12.7. The van der Waals surface area contributed by atoms with Gasteiger partial charge in [-0.1, -0.05) is 158 Å². The molecule has 0 spiro atoms. The summed E-state index contributed by atoms with van der Waals surface area (Å²) in [7, 11) is 1.43. The zero-order chi connectivity index (χ0) is 40.0. The molecule has 312 valence electrons. The Bertz CT molecular complexity index is 1110. The number of allylic oxidation sites excluding steroid dienone is 10. The van der Waals surface area contributed by atoms with Crippen LogP contribution in [0.5, 0.6) is 0 Å². The zero-order valence-electron chi connectivity index (χ0n) is 34.9. The summed E-state index contributed by atoms with van der Waals surface area (Å²) in [4.78, 5) is 35.3. The van der Waals surface area contributed by atoms with Crippen LogP contribution in [0.2, 0.25) is 0 Å². The van der Waals surface area contributed by atoms with Gasteiger partial charge in [0.25, 0.3) is 0 Å². The quantitative estimate of drug-likeness (QED) is 0.0166. The summed E-state index contributed by atoms with van der Waals surface area (Å²) in [5.74, 6) is -0.887. The number of carbonyl (C=O) groups is 2. The van der Waals surface area contributed by atoms with Gasteiger partial charge < -0.3 is 18.9 Å². The molecule has 0 saturated heterocycles. The molecule has 54 heavy (non-hydrogen) atoms. The minimum Gasteiger partial charge on any atom is -0.462 e. The van der Waals surface area contributed by atoms with Gasteiger partial charge in [0, 0.05) is 12.8 Å². The molecule has 0 aromatic heterocycles. The van der Waals surface area contributed by atoms with E-state index < -0.39 is 32.5 Å². The number of carbonyl (C=O) groups excluding carboxylic acids is 2. The Balaban J connectivity index is 4.48. The van der Waals surface area contributed by atoms with E-state index in [0.717, 1.165) is 51.4 Å². The molecule has 0 aromatic rings. The van der Waals surface area contributed by atoms with Crippen LogP contribution in [-0.2, 0) is 32.7 Å². The lowest BCUT2D eigenvalue weighted by molar-refractivity contribution is -0.870. The molecule has 0 aliphatic carbocycles. The second kappa shape index (κ2) is 36.4. The maximum absolute atomic E-state index is 12.7. The van der Waals surface area contributed by atoms with Gasteiger partial charge in [0.2, 0.25) is 0 Å². The highest BCUT2D eigenvalue weighted by Gasteiger charge is 2.27. The summed E-state index contributed by atoms with van der Waals surface area (Å²) in [6, 6.07) is 0. The number of ether oxygens (including phenoxy) is 2. The first-order chi connectivity index (χ1) is 26.0. The van der Waals surface area contributed by atoms with Gasteiger partial charge in [-0.25, -0.2) is 4.57 Å². The van der Waals surface area contributed by atoms with E-state index in [2.05, 4.69) is 38.2 Å². The molecule has 0 bridgehead atoms. The first kappa shape index (κ1) is 51.7. The van der Waals surface area contributed by atoms with Gasteiger partial charge in [0.05, 0.1) is 27.7 Å². The van der Waals surface area contributed by atoms with Gasteiger partial charge in [-0.05, 0) is 44.9 Å². The van der Waals surface area contributed by atoms with Crippen molar-refractivity contribution in [2.75, 3.05) is 47.5 Å². The fourth-order valence-electron chi connectivity index (χ4n) is 5.33. The lowest BCUT2D eigenvalue weighted by atomic mass is 10.1. The molecule has 0 heterocycles. The van der Waals surface area contributed by atoms with Crippen molar-refractivity contribution in [2.45, 2.75) is 161 Å². The molecule has 0 saturated carbocycles. The van der Waals surface area contributed by atoms with Crippen LogP contribution in [0.3, 0.4) is 0 Å². The number of nitrogens with zero attached hydrogens (tertiary/aromatic N) is 1. The van der Waals surface area contributed by atoms with Crippen molar-refractivity contribution in [2.24, 2.45) is 0 Å². The number of hydrogen-bond donors (Lipinski definition) is 1. The number of phosphoric ester groups is 1. The molecule has 0 rings (SSSR count). The molecule has 0 aromatic carbocycles. The fraction of sp³-hybridized carbons (Fsp3) is 0.727. The van der Waals surface area contributed by atoms with Crippen molar-refractivity contribution in [3.63, 3.8) is 0 Å². The predicted molar refractivity (Wildman–Crippen MR) is 224 cm³/mol. The standard InChI is InChI=1S/C44H78NO8P/c1-6-8-10-12-14-16-18-20-22-24-26-28-30-32-34-36-43(46)50-40-42(41-52-54(48,49)51-39-38-45(3,4)5)53-44(47)37-35-33-31-29-27-25-23-21-19-17-15-13-11-9-7-2/h9,11,13,15,17,19,21,23,30,32,42H,6-8,10,12,14,16,18,20,22,24-29,31,33-41H2,1-5H3/p+1/b11-9+,15-13+,19-17+,23-21+,32-30+/t42-/m1/s1. The molecular weight excluding hydrogens is 701 g/mol. The van der Waals surface area contributed by atoms with Crippen molar-refractivity contribution < 1.29 is 42.1 Å². The van der Waals surface area contributed by atoms with Gasteiger partial charge in [0.15, 0.2) is 6.10 Å². The number of quaternary nitrogens is 1. The second-order valence-electron chi connectivity index (χ2n) is 15.1. The van der Waals surface area contributed by atoms with Crippen LogP contribution >= 0.6 is 7.82 Å². The van der Waals surface area contributed by atoms with Gasteiger partial charge in [-0.3, -0.25) is 18.6 Å². The van der Waals surface area contributed by atoms with E-state index in [4.69, 9.17) is 18.5 Å². The average molecular weight is 781 g/mol. The van der Waals surface area contributed by atoms with Crippen LogP contribution in [0.15, 0.2) is 60.8 Å². The lowest BCUT2D eigenvalue weighted by Gasteiger charge is -2.24. The molecule has 2 atom stereocenters. The number of rotatable bonds is 37. The Kier molecular flexibility index (Phi) is 34.8.